The topological polar surface area (TPSA) is 46.9 Å². The van der Waals surface area contributed by atoms with Crippen LogP contribution in [0.5, 0.6) is 0 Å². The molecule has 1 fully saturated rings. The number of nitrogens with zero attached hydrogens (tertiary/aromatic N) is 2. The van der Waals surface area contributed by atoms with Gasteiger partial charge in [-0.25, -0.2) is 0 Å². The molecule has 1 aromatic heterocycles. The molecule has 21 heavy (non-hydrogen) atoms. The number of aromatic nitrogens is 2. The van der Waals surface area contributed by atoms with Crippen LogP contribution in [0.4, 0.5) is 0 Å². The molecule has 0 bridgehead atoms. The zero-order valence-electron chi connectivity index (χ0n) is 13.2. The largest absolute Gasteiger partial charge is 0.350 e. The minimum Gasteiger partial charge on any atom is -0.350 e. The maximum absolute atomic E-state index is 12.1. The van der Waals surface area contributed by atoms with E-state index in [0.717, 1.165) is 17.7 Å². The molecule has 0 aliphatic heterocycles. The van der Waals surface area contributed by atoms with Gasteiger partial charge in [0.1, 0.15) is 5.15 Å². The van der Waals surface area contributed by atoms with Crippen LogP contribution in [0.15, 0.2) is 6.08 Å². The third-order valence-electron chi connectivity index (χ3n) is 4.63. The molecule has 0 spiro atoms. The van der Waals surface area contributed by atoms with Crippen LogP contribution in [-0.2, 0) is 11.8 Å². The summed E-state index contributed by atoms with van der Waals surface area (Å²) < 4.78 is 1.61. The predicted octanol–water partition coefficient (Wildman–Crippen LogP) is 3.34. The molecule has 0 saturated heterocycles. The summed E-state index contributed by atoms with van der Waals surface area (Å²) in [6, 6.07) is 0.274. The summed E-state index contributed by atoms with van der Waals surface area (Å²) in [6.45, 7) is 6.37. The average molecular weight is 310 g/mol. The van der Waals surface area contributed by atoms with Gasteiger partial charge in [-0.2, -0.15) is 5.10 Å². The van der Waals surface area contributed by atoms with Gasteiger partial charge in [0.2, 0.25) is 5.91 Å². The van der Waals surface area contributed by atoms with Crippen molar-refractivity contribution in [2.75, 3.05) is 0 Å². The van der Waals surface area contributed by atoms with Crippen LogP contribution in [0, 0.1) is 18.8 Å². The van der Waals surface area contributed by atoms with E-state index in [9.17, 15) is 4.79 Å². The van der Waals surface area contributed by atoms with Gasteiger partial charge < -0.3 is 5.32 Å². The molecule has 1 heterocycles. The van der Waals surface area contributed by atoms with E-state index in [-0.39, 0.29) is 11.9 Å². The van der Waals surface area contributed by atoms with Crippen molar-refractivity contribution in [2.24, 2.45) is 18.9 Å². The van der Waals surface area contributed by atoms with E-state index in [1.54, 1.807) is 23.9 Å². The normalized spacial score (nSPS) is 26.2. The Labute approximate surface area is 131 Å². The van der Waals surface area contributed by atoms with Crippen molar-refractivity contribution in [2.45, 2.75) is 46.1 Å². The van der Waals surface area contributed by atoms with Gasteiger partial charge in [0.25, 0.3) is 0 Å². The number of rotatable bonds is 3. The SMILES string of the molecule is Cc1nn(C)c(Cl)c1/C=C/C(=O)NC1CCCC(C)C1C. The van der Waals surface area contributed by atoms with Gasteiger partial charge in [0, 0.05) is 24.7 Å². The van der Waals surface area contributed by atoms with Gasteiger partial charge in [0.05, 0.1) is 5.69 Å². The molecule has 5 heteroatoms. The maximum Gasteiger partial charge on any atom is 0.244 e. The summed E-state index contributed by atoms with van der Waals surface area (Å²) in [4.78, 5) is 12.1. The van der Waals surface area contributed by atoms with Crippen LogP contribution in [-0.4, -0.2) is 21.7 Å². The van der Waals surface area contributed by atoms with Crippen LogP contribution in [0.3, 0.4) is 0 Å². The van der Waals surface area contributed by atoms with Gasteiger partial charge in [-0.15, -0.1) is 0 Å². The van der Waals surface area contributed by atoms with Crippen molar-refractivity contribution < 1.29 is 4.79 Å². The van der Waals surface area contributed by atoms with E-state index >= 15 is 0 Å². The van der Waals surface area contributed by atoms with Crippen LogP contribution >= 0.6 is 11.6 Å². The van der Waals surface area contributed by atoms with Gasteiger partial charge in [0.15, 0.2) is 0 Å². The number of hydrogen-bond donors (Lipinski definition) is 1. The molecule has 3 unspecified atom stereocenters. The highest BCUT2D eigenvalue weighted by molar-refractivity contribution is 6.31. The first-order valence-electron chi connectivity index (χ1n) is 7.57. The Hall–Kier alpha value is -1.29. The molecule has 1 aliphatic rings. The number of halogens is 1. The summed E-state index contributed by atoms with van der Waals surface area (Å²) in [5, 5.41) is 7.90. The molecule has 1 aliphatic carbocycles. The Bertz CT molecular complexity index is 550. The zero-order valence-corrected chi connectivity index (χ0v) is 13.9. The lowest BCUT2D eigenvalue weighted by Crippen LogP contribution is -2.43. The number of hydrogen-bond acceptors (Lipinski definition) is 2. The van der Waals surface area contributed by atoms with E-state index in [0.29, 0.717) is 17.0 Å². The zero-order chi connectivity index (χ0) is 15.6. The Balaban J connectivity index is 1.99. The average Bonchev–Trinajstić information content (AvgIpc) is 2.67. The summed E-state index contributed by atoms with van der Waals surface area (Å²) in [7, 11) is 1.79. The van der Waals surface area contributed by atoms with Crippen LogP contribution in [0.25, 0.3) is 6.08 Å². The second kappa shape index (κ2) is 6.65. The molecular weight excluding hydrogens is 286 g/mol. The van der Waals surface area contributed by atoms with Crippen molar-refractivity contribution in [3.63, 3.8) is 0 Å². The van der Waals surface area contributed by atoms with Gasteiger partial charge in [-0.3, -0.25) is 9.48 Å². The highest BCUT2D eigenvalue weighted by Gasteiger charge is 2.27. The second-order valence-electron chi connectivity index (χ2n) is 6.13. The second-order valence-corrected chi connectivity index (χ2v) is 6.49. The first-order valence-corrected chi connectivity index (χ1v) is 7.95. The number of aryl methyl sites for hydroxylation is 2. The summed E-state index contributed by atoms with van der Waals surface area (Å²) >= 11 is 6.15. The summed E-state index contributed by atoms with van der Waals surface area (Å²) in [5.74, 6) is 1.14. The number of carbonyl (C=O) groups is 1. The Morgan fingerprint density at radius 2 is 2.14 bits per heavy atom. The maximum atomic E-state index is 12.1. The molecule has 3 atom stereocenters. The van der Waals surface area contributed by atoms with Crippen molar-refractivity contribution in [3.05, 3.63) is 22.5 Å². The fraction of sp³-hybridized carbons (Fsp3) is 0.625. The number of carbonyl (C=O) groups excluding carboxylic acids is 1. The van der Waals surface area contributed by atoms with Crippen molar-refractivity contribution in [1.29, 1.82) is 0 Å². The standard InChI is InChI=1S/C16H24ClN3O/c1-10-6-5-7-14(11(10)2)18-15(21)9-8-13-12(3)19-20(4)16(13)17/h8-11,14H,5-7H2,1-4H3,(H,18,21)/b9-8+. The van der Waals surface area contributed by atoms with E-state index in [4.69, 9.17) is 11.6 Å². The third kappa shape index (κ3) is 3.67. The minimum atomic E-state index is -0.0553. The molecule has 1 aromatic rings. The first kappa shape index (κ1) is 16.1. The summed E-state index contributed by atoms with van der Waals surface area (Å²) in [5.41, 5.74) is 1.63. The number of amides is 1. The molecule has 0 radical (unpaired) electrons. The van der Waals surface area contributed by atoms with Crippen molar-refractivity contribution in [1.82, 2.24) is 15.1 Å². The molecule has 2 rings (SSSR count). The molecular formula is C16H24ClN3O. The molecule has 1 N–H and O–H groups in total. The van der Waals surface area contributed by atoms with E-state index in [1.807, 2.05) is 6.92 Å². The Morgan fingerprint density at radius 1 is 1.43 bits per heavy atom. The molecule has 1 amide bonds. The minimum absolute atomic E-state index is 0.0553. The summed E-state index contributed by atoms with van der Waals surface area (Å²) in [6.07, 6.45) is 6.82. The predicted molar refractivity (Wildman–Crippen MR) is 86.1 cm³/mol. The van der Waals surface area contributed by atoms with E-state index < -0.39 is 0 Å². The van der Waals surface area contributed by atoms with Gasteiger partial charge in [-0.05, 0) is 31.3 Å². The van der Waals surface area contributed by atoms with E-state index in [2.05, 4.69) is 24.3 Å². The molecule has 1 saturated carbocycles. The van der Waals surface area contributed by atoms with Crippen LogP contribution < -0.4 is 5.32 Å². The first-order chi connectivity index (χ1) is 9.90. The lowest BCUT2D eigenvalue weighted by Gasteiger charge is -2.34. The smallest absolute Gasteiger partial charge is 0.244 e. The van der Waals surface area contributed by atoms with Crippen LogP contribution in [0.1, 0.15) is 44.4 Å². The lowest BCUT2D eigenvalue weighted by molar-refractivity contribution is -0.117. The Morgan fingerprint density at radius 3 is 2.76 bits per heavy atom. The monoisotopic (exact) mass is 309 g/mol. The number of nitrogens with one attached hydrogen (secondary N) is 1. The third-order valence-corrected chi connectivity index (χ3v) is 5.08. The van der Waals surface area contributed by atoms with Crippen molar-refractivity contribution >= 4 is 23.6 Å². The quantitative estimate of drug-likeness (QED) is 0.871. The highest BCUT2D eigenvalue weighted by Crippen LogP contribution is 2.29. The molecule has 116 valence electrons. The van der Waals surface area contributed by atoms with Gasteiger partial charge >= 0.3 is 0 Å². The van der Waals surface area contributed by atoms with E-state index in [1.165, 1.54) is 12.8 Å². The highest BCUT2D eigenvalue weighted by atomic mass is 35.5. The van der Waals surface area contributed by atoms with Gasteiger partial charge in [-0.1, -0.05) is 38.3 Å². The molecule has 4 nitrogen and oxygen atoms in total. The Kier molecular flexibility index (Phi) is 5.09. The fourth-order valence-electron chi connectivity index (χ4n) is 3.01. The lowest BCUT2D eigenvalue weighted by atomic mass is 9.78. The fourth-order valence-corrected chi connectivity index (χ4v) is 3.25. The van der Waals surface area contributed by atoms with Crippen molar-refractivity contribution in [3.8, 4) is 0 Å². The molecule has 0 aromatic carbocycles. The van der Waals surface area contributed by atoms with Crippen LogP contribution in [0.2, 0.25) is 5.15 Å².